The first-order valence-corrected chi connectivity index (χ1v) is 9.68. The van der Waals surface area contributed by atoms with E-state index in [0.717, 1.165) is 16.8 Å². The number of ether oxygens (including phenoxy) is 3. The Morgan fingerprint density at radius 3 is 2.34 bits per heavy atom. The molecule has 0 aliphatic heterocycles. The van der Waals surface area contributed by atoms with Crippen LogP contribution in [0.4, 0.5) is 5.69 Å². The van der Waals surface area contributed by atoms with Gasteiger partial charge in [0, 0.05) is 17.3 Å². The molecule has 2 aromatic carbocycles. The van der Waals surface area contributed by atoms with Crippen molar-refractivity contribution in [1.82, 2.24) is 19.8 Å². The zero-order valence-corrected chi connectivity index (χ0v) is 17.8. The summed E-state index contributed by atoms with van der Waals surface area (Å²) < 4.78 is 17.6. The Morgan fingerprint density at radius 2 is 1.69 bits per heavy atom. The number of benzene rings is 2. The van der Waals surface area contributed by atoms with Crippen molar-refractivity contribution < 1.29 is 19.0 Å². The van der Waals surface area contributed by atoms with Crippen LogP contribution in [0.3, 0.4) is 0 Å². The highest BCUT2D eigenvalue weighted by molar-refractivity contribution is 6.02. The molecule has 0 saturated carbocycles. The van der Waals surface area contributed by atoms with E-state index in [2.05, 4.69) is 20.6 Å². The number of hydrogen-bond acceptors (Lipinski definition) is 7. The van der Waals surface area contributed by atoms with Gasteiger partial charge in [-0.05, 0) is 48.0 Å². The van der Waals surface area contributed by atoms with Gasteiger partial charge < -0.3 is 19.5 Å². The van der Waals surface area contributed by atoms with Crippen molar-refractivity contribution in [3.05, 3.63) is 66.5 Å². The van der Waals surface area contributed by atoms with Gasteiger partial charge in [-0.1, -0.05) is 12.1 Å². The second kappa shape index (κ2) is 9.17. The molecule has 1 N–H and O–H groups in total. The number of anilines is 1. The highest BCUT2D eigenvalue weighted by Gasteiger charge is 2.12. The Hall–Kier alpha value is -4.40. The van der Waals surface area contributed by atoms with Gasteiger partial charge in [0.15, 0.2) is 17.1 Å². The molecular weight excluding hydrogens is 410 g/mol. The summed E-state index contributed by atoms with van der Waals surface area (Å²) >= 11 is 0. The molecule has 0 fully saturated rings. The highest BCUT2D eigenvalue weighted by atomic mass is 16.5. The number of carbonyl (C=O) groups excluding carboxylic acids is 1. The lowest BCUT2D eigenvalue weighted by atomic mass is 10.1. The summed E-state index contributed by atoms with van der Waals surface area (Å²) in [6, 6.07) is 14.7. The number of nitrogens with one attached hydrogen (secondary N) is 1. The number of methoxy groups -OCH3 is 3. The zero-order chi connectivity index (χ0) is 22.5. The van der Waals surface area contributed by atoms with Crippen LogP contribution in [0.5, 0.6) is 17.2 Å². The maximum atomic E-state index is 12.4. The first-order valence-electron chi connectivity index (χ1n) is 9.68. The number of nitrogens with zero attached hydrogens (tertiary/aromatic N) is 4. The quantitative estimate of drug-likeness (QED) is 0.447. The van der Waals surface area contributed by atoms with E-state index in [1.807, 2.05) is 36.4 Å². The van der Waals surface area contributed by atoms with Crippen LogP contribution in [0.15, 0.2) is 60.9 Å². The van der Waals surface area contributed by atoms with Crippen LogP contribution in [-0.2, 0) is 4.79 Å². The fourth-order valence-electron chi connectivity index (χ4n) is 3.16. The van der Waals surface area contributed by atoms with Crippen molar-refractivity contribution in [3.8, 4) is 28.5 Å². The molecule has 1 amide bonds. The zero-order valence-electron chi connectivity index (χ0n) is 17.8. The van der Waals surface area contributed by atoms with E-state index in [-0.39, 0.29) is 5.91 Å². The van der Waals surface area contributed by atoms with E-state index in [9.17, 15) is 4.79 Å². The molecule has 0 atom stereocenters. The van der Waals surface area contributed by atoms with E-state index < -0.39 is 0 Å². The van der Waals surface area contributed by atoms with Gasteiger partial charge in [-0.2, -0.15) is 9.61 Å². The fraction of sp³-hybridized carbons (Fsp3) is 0.130. The Morgan fingerprint density at radius 1 is 0.969 bits per heavy atom. The maximum absolute atomic E-state index is 12.4. The molecule has 9 heteroatoms. The van der Waals surface area contributed by atoms with Gasteiger partial charge in [0.1, 0.15) is 6.33 Å². The molecular formula is C23H21N5O4. The molecule has 0 saturated heterocycles. The van der Waals surface area contributed by atoms with Crippen LogP contribution < -0.4 is 19.5 Å². The lowest BCUT2D eigenvalue weighted by Crippen LogP contribution is -2.07. The standard InChI is InChI=1S/C23H21N5O4/c1-30-19-12-15(13-20(31-2)23(19)32-3)4-11-22(29)25-17-7-5-16(6-8-17)18-9-10-21-26-24-14-28(21)27-18/h4-14H,1-3H3,(H,25,29)/b11-4+. The molecule has 162 valence electrons. The van der Waals surface area contributed by atoms with Gasteiger partial charge in [-0.15, -0.1) is 10.2 Å². The summed E-state index contributed by atoms with van der Waals surface area (Å²) in [6.07, 6.45) is 4.66. The molecule has 32 heavy (non-hydrogen) atoms. The minimum Gasteiger partial charge on any atom is -0.493 e. The first kappa shape index (κ1) is 20.9. The number of hydrogen-bond donors (Lipinski definition) is 1. The summed E-state index contributed by atoms with van der Waals surface area (Å²) in [4.78, 5) is 12.4. The molecule has 2 aromatic heterocycles. The SMILES string of the molecule is COc1cc(/C=C/C(=O)Nc2ccc(-c3ccc4nncn4n3)cc2)cc(OC)c1OC. The Kier molecular flexibility index (Phi) is 5.98. The summed E-state index contributed by atoms with van der Waals surface area (Å²) in [5, 5.41) is 15.1. The van der Waals surface area contributed by atoms with E-state index >= 15 is 0 Å². The van der Waals surface area contributed by atoms with Gasteiger partial charge in [0.05, 0.1) is 27.0 Å². The molecule has 0 radical (unpaired) electrons. The lowest BCUT2D eigenvalue weighted by molar-refractivity contribution is -0.111. The van der Waals surface area contributed by atoms with Gasteiger partial charge in [0.25, 0.3) is 0 Å². The van der Waals surface area contributed by atoms with Crippen molar-refractivity contribution in [2.75, 3.05) is 26.6 Å². The van der Waals surface area contributed by atoms with Crippen molar-refractivity contribution in [1.29, 1.82) is 0 Å². The third-order valence-electron chi connectivity index (χ3n) is 4.72. The van der Waals surface area contributed by atoms with Gasteiger partial charge in [-0.25, -0.2) is 0 Å². The van der Waals surface area contributed by atoms with Crippen LogP contribution in [0.25, 0.3) is 23.0 Å². The average molecular weight is 431 g/mol. The molecule has 0 aliphatic rings. The summed E-state index contributed by atoms with van der Waals surface area (Å²) in [5.41, 5.74) is 3.76. The Balaban J connectivity index is 1.45. The van der Waals surface area contributed by atoms with Crippen molar-refractivity contribution >= 4 is 23.3 Å². The highest BCUT2D eigenvalue weighted by Crippen LogP contribution is 2.38. The number of amides is 1. The molecule has 4 aromatic rings. The van der Waals surface area contributed by atoms with Crippen LogP contribution in [0.1, 0.15) is 5.56 Å². The predicted molar refractivity (Wildman–Crippen MR) is 120 cm³/mol. The monoisotopic (exact) mass is 431 g/mol. The second-order valence-electron chi connectivity index (χ2n) is 6.71. The smallest absolute Gasteiger partial charge is 0.248 e. The predicted octanol–water partition coefficient (Wildman–Crippen LogP) is 3.47. The normalized spacial score (nSPS) is 11.0. The molecule has 0 unspecified atom stereocenters. The molecule has 2 heterocycles. The van der Waals surface area contributed by atoms with Crippen molar-refractivity contribution in [3.63, 3.8) is 0 Å². The molecule has 0 bridgehead atoms. The largest absolute Gasteiger partial charge is 0.493 e. The molecule has 9 nitrogen and oxygen atoms in total. The van der Waals surface area contributed by atoms with Gasteiger partial charge in [-0.3, -0.25) is 4.79 Å². The van der Waals surface area contributed by atoms with Crippen LogP contribution in [0.2, 0.25) is 0 Å². The number of rotatable bonds is 7. The summed E-state index contributed by atoms with van der Waals surface area (Å²) in [6.45, 7) is 0. The topological polar surface area (TPSA) is 99.9 Å². The van der Waals surface area contributed by atoms with E-state index in [4.69, 9.17) is 14.2 Å². The minimum absolute atomic E-state index is 0.268. The Labute approximate surface area is 184 Å². The number of carbonyl (C=O) groups is 1. The van der Waals surface area contributed by atoms with E-state index in [1.54, 1.807) is 43.3 Å². The fourth-order valence-corrected chi connectivity index (χ4v) is 3.16. The average Bonchev–Trinajstić information content (AvgIpc) is 3.30. The lowest BCUT2D eigenvalue weighted by Gasteiger charge is -2.12. The number of fused-ring (bicyclic) bond motifs is 1. The Bertz CT molecular complexity index is 1260. The summed E-state index contributed by atoms with van der Waals surface area (Å²) in [7, 11) is 4.63. The van der Waals surface area contributed by atoms with Crippen molar-refractivity contribution in [2.45, 2.75) is 0 Å². The third-order valence-corrected chi connectivity index (χ3v) is 4.72. The van der Waals surface area contributed by atoms with Gasteiger partial charge in [0.2, 0.25) is 11.7 Å². The minimum atomic E-state index is -0.268. The van der Waals surface area contributed by atoms with Crippen LogP contribution >= 0.6 is 0 Å². The maximum Gasteiger partial charge on any atom is 0.248 e. The van der Waals surface area contributed by atoms with Crippen LogP contribution in [-0.4, -0.2) is 47.0 Å². The molecule has 4 rings (SSSR count). The molecule has 0 spiro atoms. The third kappa shape index (κ3) is 4.36. The first-order chi connectivity index (χ1) is 15.6. The van der Waals surface area contributed by atoms with Crippen molar-refractivity contribution in [2.24, 2.45) is 0 Å². The van der Waals surface area contributed by atoms with E-state index in [1.165, 1.54) is 13.2 Å². The van der Waals surface area contributed by atoms with Gasteiger partial charge >= 0.3 is 0 Å². The van der Waals surface area contributed by atoms with E-state index in [0.29, 0.717) is 28.6 Å². The molecule has 0 aliphatic carbocycles. The second-order valence-corrected chi connectivity index (χ2v) is 6.71. The number of aromatic nitrogens is 4. The van der Waals surface area contributed by atoms with Crippen LogP contribution in [0, 0.1) is 0 Å². The summed E-state index contributed by atoms with van der Waals surface area (Å²) in [5.74, 6) is 1.26.